The lowest BCUT2D eigenvalue weighted by Crippen LogP contribution is -2.44. The standard InChI is InChI=1S/C10H17N3O4/c1-11-10(17)12-8(14)6-13(7-2-3-7)5-4-9(15)16/h7H,2-6H2,1H3,(H,15,16)(H2,11,12,14,17). The lowest BCUT2D eigenvalue weighted by molar-refractivity contribution is -0.137. The van der Waals surface area contributed by atoms with Crippen LogP contribution in [0.25, 0.3) is 0 Å². The highest BCUT2D eigenvalue weighted by atomic mass is 16.4. The maximum atomic E-state index is 11.4. The van der Waals surface area contributed by atoms with E-state index in [9.17, 15) is 14.4 Å². The smallest absolute Gasteiger partial charge is 0.321 e. The van der Waals surface area contributed by atoms with Crippen LogP contribution in [0.5, 0.6) is 0 Å². The van der Waals surface area contributed by atoms with E-state index >= 15 is 0 Å². The Balaban J connectivity index is 2.35. The molecule has 0 aliphatic heterocycles. The molecule has 1 aliphatic rings. The number of amides is 3. The van der Waals surface area contributed by atoms with Crippen LogP contribution in [0.2, 0.25) is 0 Å². The molecule has 0 aromatic heterocycles. The molecule has 0 spiro atoms. The van der Waals surface area contributed by atoms with Gasteiger partial charge in [0.25, 0.3) is 0 Å². The van der Waals surface area contributed by atoms with Crippen LogP contribution < -0.4 is 10.6 Å². The quantitative estimate of drug-likeness (QED) is 0.577. The second-order valence-corrected chi connectivity index (χ2v) is 3.97. The first kappa shape index (κ1) is 13.4. The zero-order valence-corrected chi connectivity index (χ0v) is 9.73. The number of hydrogen-bond donors (Lipinski definition) is 3. The molecule has 0 aromatic carbocycles. The summed E-state index contributed by atoms with van der Waals surface area (Å²) in [6, 6.07) is -0.270. The van der Waals surface area contributed by atoms with E-state index in [0.717, 1.165) is 12.8 Å². The van der Waals surface area contributed by atoms with Crippen LogP contribution in [0.3, 0.4) is 0 Å². The Bertz CT molecular complexity index is 315. The van der Waals surface area contributed by atoms with Crippen LogP contribution in [-0.2, 0) is 9.59 Å². The van der Waals surface area contributed by atoms with Gasteiger partial charge >= 0.3 is 12.0 Å². The predicted molar refractivity (Wildman–Crippen MR) is 59.4 cm³/mol. The summed E-state index contributed by atoms with van der Waals surface area (Å²) in [5.74, 6) is -1.30. The van der Waals surface area contributed by atoms with Crippen LogP contribution in [-0.4, -0.2) is 54.1 Å². The monoisotopic (exact) mass is 243 g/mol. The van der Waals surface area contributed by atoms with Crippen LogP contribution in [0.15, 0.2) is 0 Å². The van der Waals surface area contributed by atoms with Gasteiger partial charge in [0.05, 0.1) is 13.0 Å². The Kier molecular flexibility index (Phi) is 4.89. The number of urea groups is 1. The summed E-state index contributed by atoms with van der Waals surface area (Å²) >= 11 is 0. The summed E-state index contributed by atoms with van der Waals surface area (Å²) in [7, 11) is 1.42. The fourth-order valence-electron chi connectivity index (χ4n) is 1.48. The van der Waals surface area contributed by atoms with Gasteiger partial charge in [0, 0.05) is 19.6 Å². The molecule has 1 saturated carbocycles. The lowest BCUT2D eigenvalue weighted by atomic mass is 10.3. The van der Waals surface area contributed by atoms with Gasteiger partial charge in [0.2, 0.25) is 5.91 Å². The Labute approximate surface area is 99.2 Å². The maximum absolute atomic E-state index is 11.4. The third-order valence-corrected chi connectivity index (χ3v) is 2.50. The molecule has 96 valence electrons. The van der Waals surface area contributed by atoms with Crippen molar-refractivity contribution in [2.75, 3.05) is 20.1 Å². The number of hydrogen-bond acceptors (Lipinski definition) is 4. The third kappa shape index (κ3) is 5.30. The van der Waals surface area contributed by atoms with Crippen molar-refractivity contribution in [3.63, 3.8) is 0 Å². The summed E-state index contributed by atoms with van der Waals surface area (Å²) in [4.78, 5) is 34.6. The first-order valence-electron chi connectivity index (χ1n) is 5.50. The molecule has 3 N–H and O–H groups in total. The molecule has 7 nitrogen and oxygen atoms in total. The number of nitrogens with zero attached hydrogens (tertiary/aromatic N) is 1. The third-order valence-electron chi connectivity index (χ3n) is 2.50. The number of carbonyl (C=O) groups excluding carboxylic acids is 2. The average Bonchev–Trinajstić information content (AvgIpc) is 3.07. The molecular weight excluding hydrogens is 226 g/mol. The summed E-state index contributed by atoms with van der Waals surface area (Å²) < 4.78 is 0. The number of carboxylic acids is 1. The number of carbonyl (C=O) groups is 3. The van der Waals surface area contributed by atoms with Gasteiger partial charge in [0.1, 0.15) is 0 Å². The first-order chi connectivity index (χ1) is 8.02. The largest absolute Gasteiger partial charge is 0.481 e. The Morgan fingerprint density at radius 2 is 2.00 bits per heavy atom. The number of aliphatic carboxylic acids is 1. The van der Waals surface area contributed by atoms with Gasteiger partial charge in [-0.3, -0.25) is 19.8 Å². The fraction of sp³-hybridized carbons (Fsp3) is 0.700. The van der Waals surface area contributed by atoms with E-state index in [1.165, 1.54) is 7.05 Å². The average molecular weight is 243 g/mol. The minimum atomic E-state index is -0.887. The molecule has 1 fully saturated rings. The fourth-order valence-corrected chi connectivity index (χ4v) is 1.48. The summed E-state index contributed by atoms with van der Waals surface area (Å²) in [6.07, 6.45) is 1.96. The minimum absolute atomic E-state index is 0.00372. The van der Waals surface area contributed by atoms with Crippen molar-refractivity contribution in [1.29, 1.82) is 0 Å². The van der Waals surface area contributed by atoms with Crippen LogP contribution in [0.1, 0.15) is 19.3 Å². The molecule has 1 aliphatic carbocycles. The van der Waals surface area contributed by atoms with Crippen molar-refractivity contribution in [2.45, 2.75) is 25.3 Å². The molecule has 0 aromatic rings. The molecule has 0 saturated heterocycles. The Hall–Kier alpha value is -1.63. The highest BCUT2D eigenvalue weighted by Crippen LogP contribution is 2.26. The normalized spacial score (nSPS) is 14.5. The van der Waals surface area contributed by atoms with Gasteiger partial charge in [-0.15, -0.1) is 0 Å². The molecule has 0 atom stereocenters. The summed E-state index contributed by atoms with van der Waals surface area (Å²) in [6.45, 7) is 0.395. The van der Waals surface area contributed by atoms with Crippen LogP contribution >= 0.6 is 0 Å². The number of nitrogens with one attached hydrogen (secondary N) is 2. The molecule has 0 unspecified atom stereocenters. The van der Waals surface area contributed by atoms with Crippen molar-refractivity contribution >= 4 is 17.9 Å². The Morgan fingerprint density at radius 1 is 1.35 bits per heavy atom. The second-order valence-electron chi connectivity index (χ2n) is 3.97. The van der Waals surface area contributed by atoms with Gasteiger partial charge < -0.3 is 10.4 Å². The van der Waals surface area contributed by atoms with Crippen LogP contribution in [0.4, 0.5) is 4.79 Å². The Morgan fingerprint density at radius 3 is 2.47 bits per heavy atom. The molecule has 0 bridgehead atoms. The van der Waals surface area contributed by atoms with E-state index in [0.29, 0.717) is 6.54 Å². The summed E-state index contributed by atoms with van der Waals surface area (Å²) in [5, 5.41) is 13.0. The van der Waals surface area contributed by atoms with Crippen molar-refractivity contribution in [3.8, 4) is 0 Å². The summed E-state index contributed by atoms with van der Waals surface area (Å²) in [5.41, 5.74) is 0. The van der Waals surface area contributed by atoms with Gasteiger partial charge in [0.15, 0.2) is 0 Å². The van der Waals surface area contributed by atoms with Gasteiger partial charge in [-0.1, -0.05) is 0 Å². The second kappa shape index (κ2) is 6.19. The van der Waals surface area contributed by atoms with Crippen molar-refractivity contribution in [1.82, 2.24) is 15.5 Å². The first-order valence-corrected chi connectivity index (χ1v) is 5.50. The highest BCUT2D eigenvalue weighted by molar-refractivity contribution is 5.95. The molecule has 3 amide bonds. The van der Waals surface area contributed by atoms with Crippen molar-refractivity contribution in [2.24, 2.45) is 0 Å². The van der Waals surface area contributed by atoms with E-state index in [1.54, 1.807) is 4.90 Å². The van der Waals surface area contributed by atoms with E-state index < -0.39 is 17.9 Å². The van der Waals surface area contributed by atoms with E-state index in [1.807, 2.05) is 0 Å². The van der Waals surface area contributed by atoms with E-state index in [-0.39, 0.29) is 19.0 Å². The molecule has 1 rings (SSSR count). The minimum Gasteiger partial charge on any atom is -0.481 e. The zero-order chi connectivity index (χ0) is 12.8. The van der Waals surface area contributed by atoms with E-state index in [2.05, 4.69) is 10.6 Å². The van der Waals surface area contributed by atoms with Gasteiger partial charge in [-0.25, -0.2) is 4.79 Å². The lowest BCUT2D eigenvalue weighted by Gasteiger charge is -2.19. The van der Waals surface area contributed by atoms with Gasteiger partial charge in [-0.2, -0.15) is 0 Å². The molecule has 7 heteroatoms. The van der Waals surface area contributed by atoms with E-state index in [4.69, 9.17) is 5.11 Å². The number of rotatable bonds is 6. The SMILES string of the molecule is CNC(=O)NC(=O)CN(CCC(=O)O)C1CC1. The molecule has 0 radical (unpaired) electrons. The van der Waals surface area contributed by atoms with Gasteiger partial charge in [-0.05, 0) is 12.8 Å². The van der Waals surface area contributed by atoms with Crippen molar-refractivity contribution < 1.29 is 19.5 Å². The van der Waals surface area contributed by atoms with Crippen molar-refractivity contribution in [3.05, 3.63) is 0 Å². The number of carboxylic acid groups (broad SMARTS) is 1. The highest BCUT2D eigenvalue weighted by Gasteiger charge is 2.30. The topological polar surface area (TPSA) is 98.7 Å². The zero-order valence-electron chi connectivity index (χ0n) is 9.73. The van der Waals surface area contributed by atoms with Crippen LogP contribution in [0, 0.1) is 0 Å². The number of imide groups is 1. The molecular formula is C10H17N3O4. The molecule has 0 heterocycles. The molecule has 17 heavy (non-hydrogen) atoms. The predicted octanol–water partition coefficient (Wildman–Crippen LogP) is -0.619. The maximum Gasteiger partial charge on any atom is 0.321 e.